The fraction of sp³-hybridized carbons (Fsp3) is 0.625. The van der Waals surface area contributed by atoms with E-state index in [4.69, 9.17) is 0 Å². The maximum atomic E-state index is 12.3. The first-order valence-corrected chi connectivity index (χ1v) is 11.4. The molecule has 0 radical (unpaired) electrons. The second-order valence-corrected chi connectivity index (χ2v) is 10.00. The zero-order valence-electron chi connectivity index (χ0n) is 14.6. The van der Waals surface area contributed by atoms with Crippen LogP contribution in [0.1, 0.15) is 64.5 Å². The Morgan fingerprint density at radius 3 is 1.12 bits per heavy atom. The SMILES string of the molecule is CCC(CC)(c1ccccc1C(CC)(CC)P(=O)(O)O)P(=O)(O)O. The average Bonchev–Trinajstić information content (AvgIpc) is 2.49. The molecule has 0 aliphatic heterocycles. The van der Waals surface area contributed by atoms with Gasteiger partial charge in [-0.3, -0.25) is 9.13 Å². The second-order valence-electron chi connectivity index (χ2n) is 6.11. The minimum Gasteiger partial charge on any atom is -0.324 e. The monoisotopic (exact) mass is 378 g/mol. The molecular formula is C16H28O6P2. The Hall–Kier alpha value is -0.480. The topological polar surface area (TPSA) is 115 Å². The van der Waals surface area contributed by atoms with E-state index < -0.39 is 25.5 Å². The van der Waals surface area contributed by atoms with Crippen LogP contribution in [0.4, 0.5) is 0 Å². The molecule has 8 heteroatoms. The molecule has 0 bridgehead atoms. The van der Waals surface area contributed by atoms with Gasteiger partial charge < -0.3 is 19.6 Å². The summed E-state index contributed by atoms with van der Waals surface area (Å²) in [5.74, 6) is 0. The lowest BCUT2D eigenvalue weighted by atomic mass is 9.81. The van der Waals surface area contributed by atoms with Crippen molar-refractivity contribution in [2.75, 3.05) is 0 Å². The molecule has 0 spiro atoms. The standard InChI is InChI=1S/C16H28O6P2/c1-5-15(6-2,23(17,18)19)13-11-9-10-12-14(13)16(7-3,8-4)24(20,21)22/h9-12H,5-8H2,1-4H3,(H2,17,18,19)(H2,20,21,22). The van der Waals surface area contributed by atoms with Crippen molar-refractivity contribution in [3.8, 4) is 0 Å². The van der Waals surface area contributed by atoms with Crippen LogP contribution < -0.4 is 0 Å². The highest BCUT2D eigenvalue weighted by atomic mass is 31.2. The molecule has 0 saturated carbocycles. The van der Waals surface area contributed by atoms with Gasteiger partial charge in [0.25, 0.3) is 0 Å². The van der Waals surface area contributed by atoms with Gasteiger partial charge in [-0.25, -0.2) is 0 Å². The summed E-state index contributed by atoms with van der Waals surface area (Å²) in [5, 5.41) is -2.90. The molecule has 138 valence electrons. The van der Waals surface area contributed by atoms with Crippen molar-refractivity contribution in [2.24, 2.45) is 0 Å². The summed E-state index contributed by atoms with van der Waals surface area (Å²) in [5.41, 5.74) is 0.686. The number of rotatable bonds is 8. The molecule has 24 heavy (non-hydrogen) atoms. The Bertz CT molecular complexity index is 595. The van der Waals surface area contributed by atoms with Crippen LogP contribution >= 0.6 is 15.2 Å². The number of hydrogen-bond acceptors (Lipinski definition) is 2. The Morgan fingerprint density at radius 1 is 0.708 bits per heavy atom. The summed E-state index contributed by atoms with van der Waals surface area (Å²) in [4.78, 5) is 40.1. The third-order valence-corrected chi connectivity index (χ3v) is 9.36. The lowest BCUT2D eigenvalue weighted by Crippen LogP contribution is -2.32. The van der Waals surface area contributed by atoms with E-state index in [0.717, 1.165) is 0 Å². The zero-order chi connectivity index (χ0) is 18.8. The van der Waals surface area contributed by atoms with Crippen LogP contribution in [0.2, 0.25) is 0 Å². The van der Waals surface area contributed by atoms with Crippen LogP contribution in [0.25, 0.3) is 0 Å². The molecule has 6 nitrogen and oxygen atoms in total. The third-order valence-electron chi connectivity index (χ3n) is 5.38. The van der Waals surface area contributed by atoms with Gasteiger partial charge in [0.15, 0.2) is 0 Å². The van der Waals surface area contributed by atoms with E-state index in [1.165, 1.54) is 0 Å². The molecule has 0 amide bonds. The fourth-order valence-electron chi connectivity index (χ4n) is 3.69. The molecule has 0 atom stereocenters. The van der Waals surface area contributed by atoms with Crippen LogP contribution in [-0.2, 0) is 19.4 Å². The quantitative estimate of drug-likeness (QED) is 0.507. The highest BCUT2D eigenvalue weighted by molar-refractivity contribution is 7.53. The van der Waals surface area contributed by atoms with Gasteiger partial charge >= 0.3 is 15.2 Å². The lowest BCUT2D eigenvalue weighted by Gasteiger charge is -2.40. The first kappa shape index (κ1) is 21.6. The Labute approximate surface area is 143 Å². The predicted molar refractivity (Wildman–Crippen MR) is 95.1 cm³/mol. The van der Waals surface area contributed by atoms with Gasteiger partial charge in [-0.1, -0.05) is 52.0 Å². The van der Waals surface area contributed by atoms with Crippen molar-refractivity contribution in [1.29, 1.82) is 0 Å². The average molecular weight is 378 g/mol. The van der Waals surface area contributed by atoms with Gasteiger partial charge in [0.05, 0.1) is 10.3 Å². The van der Waals surface area contributed by atoms with E-state index in [1.807, 2.05) is 0 Å². The van der Waals surface area contributed by atoms with Crippen LogP contribution in [0.5, 0.6) is 0 Å². The highest BCUT2D eigenvalue weighted by Gasteiger charge is 2.52. The molecule has 1 aromatic carbocycles. The van der Waals surface area contributed by atoms with Crippen molar-refractivity contribution in [3.05, 3.63) is 35.4 Å². The second kappa shape index (κ2) is 7.41. The summed E-state index contributed by atoms with van der Waals surface area (Å²) in [6, 6.07) is 6.50. The van der Waals surface area contributed by atoms with Crippen molar-refractivity contribution < 1.29 is 28.7 Å². The van der Waals surface area contributed by atoms with Gasteiger partial charge in [0.2, 0.25) is 0 Å². The summed E-state index contributed by atoms with van der Waals surface area (Å²) in [7, 11) is -9.10. The molecular weight excluding hydrogens is 350 g/mol. The van der Waals surface area contributed by atoms with Crippen LogP contribution in [-0.4, -0.2) is 19.6 Å². The van der Waals surface area contributed by atoms with Gasteiger partial charge in [0, 0.05) is 0 Å². The molecule has 0 heterocycles. The highest BCUT2D eigenvalue weighted by Crippen LogP contribution is 2.67. The molecule has 0 saturated heterocycles. The van der Waals surface area contributed by atoms with Crippen molar-refractivity contribution in [3.63, 3.8) is 0 Å². The molecule has 1 rings (SSSR count). The van der Waals surface area contributed by atoms with Gasteiger partial charge in [-0.05, 0) is 36.8 Å². The van der Waals surface area contributed by atoms with Crippen molar-refractivity contribution >= 4 is 15.2 Å². The number of hydrogen-bond donors (Lipinski definition) is 4. The molecule has 0 aliphatic rings. The van der Waals surface area contributed by atoms with Gasteiger partial charge in [-0.2, -0.15) is 0 Å². The van der Waals surface area contributed by atoms with Crippen LogP contribution in [0, 0.1) is 0 Å². The maximum Gasteiger partial charge on any atom is 0.335 e. The fourth-order valence-corrected chi connectivity index (χ4v) is 6.36. The van der Waals surface area contributed by atoms with Crippen LogP contribution in [0.3, 0.4) is 0 Å². The summed E-state index contributed by atoms with van der Waals surface area (Å²) >= 11 is 0. The summed E-state index contributed by atoms with van der Waals surface area (Å²) in [6.07, 6.45) is 0.704. The first-order valence-electron chi connectivity index (χ1n) is 8.18. The third kappa shape index (κ3) is 3.29. The lowest BCUT2D eigenvalue weighted by molar-refractivity contribution is 0.301. The Kier molecular flexibility index (Phi) is 6.66. The molecule has 4 N–H and O–H groups in total. The minimum atomic E-state index is -4.55. The number of benzene rings is 1. The largest absolute Gasteiger partial charge is 0.335 e. The van der Waals surface area contributed by atoms with Gasteiger partial charge in [0.1, 0.15) is 0 Å². The molecule has 0 aliphatic carbocycles. The van der Waals surface area contributed by atoms with E-state index in [0.29, 0.717) is 11.1 Å². The minimum absolute atomic E-state index is 0.176. The molecule has 1 aromatic rings. The van der Waals surface area contributed by atoms with Crippen LogP contribution in [0.15, 0.2) is 24.3 Å². The molecule has 0 unspecified atom stereocenters. The van der Waals surface area contributed by atoms with E-state index in [9.17, 15) is 28.7 Å². The van der Waals surface area contributed by atoms with Crippen molar-refractivity contribution in [1.82, 2.24) is 0 Å². The van der Waals surface area contributed by atoms with Gasteiger partial charge in [-0.15, -0.1) is 0 Å². The summed E-state index contributed by atoms with van der Waals surface area (Å²) in [6.45, 7) is 6.76. The predicted octanol–water partition coefficient (Wildman–Crippen LogP) is 4.07. The zero-order valence-corrected chi connectivity index (χ0v) is 16.4. The maximum absolute atomic E-state index is 12.3. The van der Waals surface area contributed by atoms with Crippen molar-refractivity contribution in [2.45, 2.75) is 63.7 Å². The first-order chi connectivity index (χ1) is 11.0. The Balaban J connectivity index is 3.91. The van der Waals surface area contributed by atoms with E-state index >= 15 is 0 Å². The molecule has 0 fully saturated rings. The van der Waals surface area contributed by atoms with E-state index in [2.05, 4.69) is 0 Å². The smallest absolute Gasteiger partial charge is 0.324 e. The normalized spacial score (nSPS) is 14.0. The molecule has 0 aromatic heterocycles. The van der Waals surface area contributed by atoms with E-state index in [-0.39, 0.29) is 25.7 Å². The van der Waals surface area contributed by atoms with E-state index in [1.54, 1.807) is 52.0 Å². The Morgan fingerprint density at radius 2 is 0.958 bits per heavy atom. The summed E-state index contributed by atoms with van der Waals surface area (Å²) < 4.78 is 24.6.